The molecule has 6 rings (SSSR count). The summed E-state index contributed by atoms with van der Waals surface area (Å²) in [5.41, 5.74) is 2.49. The highest BCUT2D eigenvalue weighted by molar-refractivity contribution is 7.92. The number of anilines is 2. The average molecular weight is 490 g/mol. The number of hydrogen-bond acceptors (Lipinski definition) is 6. The van der Waals surface area contributed by atoms with Crippen molar-refractivity contribution < 1.29 is 17.6 Å². The Hall–Kier alpha value is -4.38. The molecule has 0 radical (unpaired) electrons. The highest BCUT2D eigenvalue weighted by atomic mass is 32.2. The molecule has 0 atom stereocenters. The van der Waals surface area contributed by atoms with Crippen LogP contribution < -0.4 is 15.7 Å². The number of rotatable bonds is 6. The summed E-state index contributed by atoms with van der Waals surface area (Å²) in [6.07, 6.45) is 2.14. The second kappa shape index (κ2) is 7.84. The molecule has 2 heterocycles. The zero-order valence-corrected chi connectivity index (χ0v) is 19.0. The number of fused-ring (bicyclic) bond motifs is 2. The smallest absolute Gasteiger partial charge is 0.323 e. The third-order valence-corrected chi connectivity index (χ3v) is 7.17. The Bertz CT molecular complexity index is 1780. The quantitative estimate of drug-likeness (QED) is 0.284. The molecule has 1 aliphatic carbocycles. The highest BCUT2D eigenvalue weighted by Crippen LogP contribution is 2.40. The molecule has 0 spiro atoms. The summed E-state index contributed by atoms with van der Waals surface area (Å²) in [6, 6.07) is 15.7. The number of carbonyl (C=O) groups excluding carboxylic acids is 1. The number of imidazole rings is 1. The van der Waals surface area contributed by atoms with Crippen LogP contribution in [-0.2, 0) is 10.0 Å². The number of aromatic nitrogens is 3. The van der Waals surface area contributed by atoms with Gasteiger partial charge in [0.15, 0.2) is 11.5 Å². The second-order valence-electron chi connectivity index (χ2n) is 8.40. The van der Waals surface area contributed by atoms with Gasteiger partial charge in [-0.25, -0.2) is 18.2 Å². The van der Waals surface area contributed by atoms with E-state index in [0.29, 0.717) is 39.6 Å². The van der Waals surface area contributed by atoms with Crippen molar-refractivity contribution in [3.05, 3.63) is 82.6 Å². The molecule has 10 nitrogen and oxygen atoms in total. The molecule has 3 aromatic carbocycles. The summed E-state index contributed by atoms with van der Waals surface area (Å²) >= 11 is 0. The van der Waals surface area contributed by atoms with Crippen LogP contribution in [0.1, 0.15) is 35.0 Å². The van der Waals surface area contributed by atoms with Crippen LogP contribution in [-0.4, -0.2) is 29.3 Å². The maximum absolute atomic E-state index is 13.1. The minimum Gasteiger partial charge on any atom is -0.440 e. The molecule has 0 unspecified atom stereocenters. The number of aromatic amines is 2. The first kappa shape index (κ1) is 21.2. The third-order valence-electron chi connectivity index (χ3n) is 5.80. The van der Waals surface area contributed by atoms with Gasteiger partial charge >= 0.3 is 5.69 Å². The van der Waals surface area contributed by atoms with Crippen molar-refractivity contribution in [3.63, 3.8) is 0 Å². The lowest BCUT2D eigenvalue weighted by atomic mass is 10.1. The van der Waals surface area contributed by atoms with Crippen molar-refractivity contribution in [2.75, 3.05) is 10.0 Å². The fraction of sp³-hybridized carbons (Fsp3) is 0.125. The Morgan fingerprint density at radius 1 is 1.00 bits per heavy atom. The van der Waals surface area contributed by atoms with Gasteiger partial charge in [-0.3, -0.25) is 9.52 Å². The molecule has 0 saturated heterocycles. The molecule has 176 valence electrons. The number of oxazole rings is 1. The molecule has 35 heavy (non-hydrogen) atoms. The second-order valence-corrected chi connectivity index (χ2v) is 10.1. The van der Waals surface area contributed by atoms with Crippen molar-refractivity contribution in [2.24, 2.45) is 0 Å². The number of nitrogens with zero attached hydrogens (tertiary/aromatic N) is 1. The van der Waals surface area contributed by atoms with E-state index in [0.717, 1.165) is 12.8 Å². The Balaban J connectivity index is 1.26. The first-order valence-corrected chi connectivity index (χ1v) is 12.4. The van der Waals surface area contributed by atoms with E-state index in [9.17, 15) is 18.0 Å². The zero-order valence-electron chi connectivity index (χ0n) is 18.2. The van der Waals surface area contributed by atoms with Gasteiger partial charge < -0.3 is 19.7 Å². The summed E-state index contributed by atoms with van der Waals surface area (Å²) in [6.45, 7) is 0. The molecule has 11 heteroatoms. The van der Waals surface area contributed by atoms with Gasteiger partial charge in [-0.1, -0.05) is 12.1 Å². The van der Waals surface area contributed by atoms with Crippen LogP contribution in [0.25, 0.3) is 22.1 Å². The zero-order chi connectivity index (χ0) is 24.2. The van der Waals surface area contributed by atoms with Crippen molar-refractivity contribution in [3.8, 4) is 0 Å². The van der Waals surface area contributed by atoms with Gasteiger partial charge in [-0.05, 0) is 61.4 Å². The van der Waals surface area contributed by atoms with Crippen LogP contribution >= 0.6 is 0 Å². The van der Waals surface area contributed by atoms with E-state index >= 15 is 0 Å². The first-order chi connectivity index (χ1) is 16.9. The Morgan fingerprint density at radius 2 is 1.80 bits per heavy atom. The van der Waals surface area contributed by atoms with Crippen LogP contribution in [0, 0.1) is 0 Å². The SMILES string of the molecule is O=C(Nc1ccc2oc(C3CC3)nc2c1)c1ccccc1NS(=O)(=O)c1ccc2[nH]c(=O)[nH]c2c1. The lowest BCUT2D eigenvalue weighted by Crippen LogP contribution is -2.18. The number of carbonyl (C=O) groups is 1. The molecule has 1 amide bonds. The van der Waals surface area contributed by atoms with Gasteiger partial charge in [0.1, 0.15) is 5.52 Å². The molecule has 2 aromatic heterocycles. The summed E-state index contributed by atoms with van der Waals surface area (Å²) in [5.74, 6) is 0.600. The third kappa shape index (κ3) is 4.06. The van der Waals surface area contributed by atoms with Crippen LogP contribution in [0.15, 0.2) is 74.8 Å². The van der Waals surface area contributed by atoms with Crippen LogP contribution in [0.3, 0.4) is 0 Å². The molecule has 0 aliphatic heterocycles. The van der Waals surface area contributed by atoms with Gasteiger partial charge in [-0.2, -0.15) is 0 Å². The lowest BCUT2D eigenvalue weighted by molar-refractivity contribution is 0.102. The average Bonchev–Trinajstić information content (AvgIpc) is 3.48. The van der Waals surface area contributed by atoms with Gasteiger partial charge in [0.05, 0.1) is 27.2 Å². The molecule has 4 N–H and O–H groups in total. The van der Waals surface area contributed by atoms with E-state index in [4.69, 9.17) is 4.42 Å². The number of benzene rings is 3. The molecular weight excluding hydrogens is 470 g/mol. The normalized spacial score (nSPS) is 13.8. The standard InChI is InChI=1S/C24H19N5O5S/c30-22(25-14-7-10-21-20(11-14)26-23(34-21)13-5-6-13)16-3-1-2-4-17(16)29-35(32,33)15-8-9-18-19(12-15)28-24(31)27-18/h1-4,7-13,29H,5-6H2,(H,25,30)(H2,27,28,31). The molecular formula is C24H19N5O5S. The van der Waals surface area contributed by atoms with E-state index in [1.807, 2.05) is 0 Å². The van der Waals surface area contributed by atoms with Crippen LogP contribution in [0.5, 0.6) is 0 Å². The van der Waals surface area contributed by atoms with Gasteiger partial charge in [0.25, 0.3) is 15.9 Å². The highest BCUT2D eigenvalue weighted by Gasteiger charge is 2.29. The van der Waals surface area contributed by atoms with E-state index < -0.39 is 21.6 Å². The lowest BCUT2D eigenvalue weighted by Gasteiger charge is -2.13. The molecule has 0 bridgehead atoms. The summed E-state index contributed by atoms with van der Waals surface area (Å²) in [4.78, 5) is 34.1. The molecule has 5 aromatic rings. The predicted molar refractivity (Wildman–Crippen MR) is 130 cm³/mol. The molecule has 1 saturated carbocycles. The van der Waals surface area contributed by atoms with Crippen molar-refractivity contribution in [1.29, 1.82) is 0 Å². The summed E-state index contributed by atoms with van der Waals surface area (Å²) < 4.78 is 34.3. The Kier molecular flexibility index (Phi) is 4.74. The van der Waals surface area contributed by atoms with Gasteiger partial charge in [-0.15, -0.1) is 0 Å². The summed E-state index contributed by atoms with van der Waals surface area (Å²) in [7, 11) is -4.04. The number of hydrogen-bond donors (Lipinski definition) is 4. The predicted octanol–water partition coefficient (Wildman–Crippen LogP) is 3.93. The monoisotopic (exact) mass is 489 g/mol. The number of para-hydroxylation sites is 1. The maximum Gasteiger partial charge on any atom is 0.323 e. The first-order valence-electron chi connectivity index (χ1n) is 10.9. The Morgan fingerprint density at radius 3 is 2.63 bits per heavy atom. The van der Waals surface area contributed by atoms with E-state index in [2.05, 4.69) is 25.0 Å². The fourth-order valence-corrected chi connectivity index (χ4v) is 4.98. The minimum atomic E-state index is -4.04. The number of sulfonamides is 1. The minimum absolute atomic E-state index is 0.0570. The van der Waals surface area contributed by atoms with E-state index in [1.165, 1.54) is 30.3 Å². The van der Waals surface area contributed by atoms with Crippen LogP contribution in [0.2, 0.25) is 0 Å². The van der Waals surface area contributed by atoms with Crippen LogP contribution in [0.4, 0.5) is 11.4 Å². The molecule has 1 fully saturated rings. The summed E-state index contributed by atoms with van der Waals surface area (Å²) in [5, 5.41) is 2.80. The van der Waals surface area contributed by atoms with Crippen molar-refractivity contribution in [1.82, 2.24) is 15.0 Å². The van der Waals surface area contributed by atoms with Gasteiger partial charge in [0.2, 0.25) is 0 Å². The maximum atomic E-state index is 13.1. The fourth-order valence-electron chi connectivity index (χ4n) is 3.88. The largest absolute Gasteiger partial charge is 0.440 e. The van der Waals surface area contributed by atoms with E-state index in [1.54, 1.807) is 30.3 Å². The van der Waals surface area contributed by atoms with Gasteiger partial charge in [0, 0.05) is 11.6 Å². The number of nitrogens with one attached hydrogen (secondary N) is 4. The number of amides is 1. The van der Waals surface area contributed by atoms with E-state index in [-0.39, 0.29) is 16.1 Å². The molecule has 1 aliphatic rings. The van der Waals surface area contributed by atoms with Crippen molar-refractivity contribution >= 4 is 49.4 Å². The van der Waals surface area contributed by atoms with Crippen molar-refractivity contribution in [2.45, 2.75) is 23.7 Å². The Labute approximate surface area is 198 Å². The number of H-pyrrole nitrogens is 2. The topological polar surface area (TPSA) is 150 Å².